The van der Waals surface area contributed by atoms with Gasteiger partial charge in [-0.2, -0.15) is 0 Å². The van der Waals surface area contributed by atoms with Gasteiger partial charge in [-0.05, 0) is 33.3 Å². The third-order valence-corrected chi connectivity index (χ3v) is 2.13. The van der Waals surface area contributed by atoms with Gasteiger partial charge in [0.1, 0.15) is 11.6 Å². The molecule has 1 heterocycles. The molecule has 0 radical (unpaired) electrons. The first kappa shape index (κ1) is 9.96. The average molecular weight is 179 g/mol. The summed E-state index contributed by atoms with van der Waals surface area (Å²) < 4.78 is 0. The highest BCUT2D eigenvalue weighted by Crippen LogP contribution is 2.14. The molecule has 1 aromatic heterocycles. The molecular weight excluding hydrogens is 162 g/mol. The van der Waals surface area contributed by atoms with E-state index in [2.05, 4.69) is 36.1 Å². The summed E-state index contributed by atoms with van der Waals surface area (Å²) in [6.07, 6.45) is 2.84. The normalized spacial score (nSPS) is 11.4. The summed E-state index contributed by atoms with van der Waals surface area (Å²) in [7, 11) is 0. The van der Waals surface area contributed by atoms with Gasteiger partial charge in [-0.15, -0.1) is 0 Å². The van der Waals surface area contributed by atoms with Crippen molar-refractivity contribution in [1.82, 2.24) is 9.97 Å². The van der Waals surface area contributed by atoms with Gasteiger partial charge in [0.15, 0.2) is 0 Å². The second kappa shape index (κ2) is 3.73. The van der Waals surface area contributed by atoms with E-state index >= 15 is 0 Å². The number of hydrogen-bond donors (Lipinski definition) is 1. The Morgan fingerprint density at radius 1 is 1.46 bits per heavy atom. The number of aryl methyl sites for hydroxylation is 1. The van der Waals surface area contributed by atoms with Crippen molar-refractivity contribution in [3.05, 3.63) is 18.1 Å². The standard InChI is InChI=1S/C10H17N3/c1-5-10(3,4)13-9-6-7-11-8(2)12-9/h6-7H,5H2,1-4H3,(H,11,12,13). The van der Waals surface area contributed by atoms with E-state index in [0.717, 1.165) is 18.1 Å². The Morgan fingerprint density at radius 2 is 2.15 bits per heavy atom. The minimum Gasteiger partial charge on any atom is -0.365 e. The van der Waals surface area contributed by atoms with Gasteiger partial charge in [0.25, 0.3) is 0 Å². The van der Waals surface area contributed by atoms with E-state index < -0.39 is 0 Å². The monoisotopic (exact) mass is 179 g/mol. The first-order valence-corrected chi connectivity index (χ1v) is 4.61. The van der Waals surface area contributed by atoms with Gasteiger partial charge in [-0.1, -0.05) is 6.92 Å². The van der Waals surface area contributed by atoms with E-state index in [1.54, 1.807) is 6.20 Å². The molecule has 0 saturated carbocycles. The zero-order chi connectivity index (χ0) is 9.90. The summed E-state index contributed by atoms with van der Waals surface area (Å²) in [4.78, 5) is 8.33. The fourth-order valence-electron chi connectivity index (χ4n) is 0.961. The summed E-state index contributed by atoms with van der Waals surface area (Å²) in [5.41, 5.74) is 0.0980. The van der Waals surface area contributed by atoms with Crippen LogP contribution in [0.5, 0.6) is 0 Å². The number of anilines is 1. The Kier molecular flexibility index (Phi) is 2.86. The molecule has 3 heteroatoms. The summed E-state index contributed by atoms with van der Waals surface area (Å²) >= 11 is 0. The second-order valence-electron chi connectivity index (χ2n) is 3.85. The molecule has 1 N–H and O–H groups in total. The Bertz CT molecular complexity index is 281. The molecule has 0 atom stereocenters. The molecule has 0 aromatic carbocycles. The summed E-state index contributed by atoms with van der Waals surface area (Å²) in [6.45, 7) is 8.36. The van der Waals surface area contributed by atoms with Crippen LogP contribution < -0.4 is 5.32 Å². The van der Waals surface area contributed by atoms with Crippen LogP contribution in [-0.4, -0.2) is 15.5 Å². The van der Waals surface area contributed by atoms with Gasteiger partial charge in [-0.3, -0.25) is 0 Å². The molecule has 3 nitrogen and oxygen atoms in total. The Labute approximate surface area is 79.6 Å². The van der Waals surface area contributed by atoms with Crippen molar-refractivity contribution >= 4 is 5.82 Å². The molecule has 0 aliphatic rings. The van der Waals surface area contributed by atoms with Crippen molar-refractivity contribution in [2.24, 2.45) is 0 Å². The van der Waals surface area contributed by atoms with Gasteiger partial charge >= 0.3 is 0 Å². The predicted molar refractivity (Wildman–Crippen MR) is 54.8 cm³/mol. The number of hydrogen-bond acceptors (Lipinski definition) is 3. The zero-order valence-corrected chi connectivity index (χ0v) is 8.76. The van der Waals surface area contributed by atoms with Gasteiger partial charge in [0.05, 0.1) is 0 Å². The molecule has 0 unspecified atom stereocenters. The van der Waals surface area contributed by atoms with E-state index in [4.69, 9.17) is 0 Å². The molecule has 0 spiro atoms. The van der Waals surface area contributed by atoms with Crippen LogP contribution >= 0.6 is 0 Å². The first-order chi connectivity index (χ1) is 6.03. The van der Waals surface area contributed by atoms with Gasteiger partial charge in [-0.25, -0.2) is 9.97 Å². The molecule has 1 aromatic rings. The molecule has 0 saturated heterocycles. The number of nitrogens with one attached hydrogen (secondary N) is 1. The molecule has 0 aliphatic carbocycles. The maximum atomic E-state index is 4.28. The smallest absolute Gasteiger partial charge is 0.130 e. The van der Waals surface area contributed by atoms with Crippen LogP contribution in [0.3, 0.4) is 0 Å². The molecule has 0 amide bonds. The van der Waals surface area contributed by atoms with Gasteiger partial charge in [0, 0.05) is 11.7 Å². The predicted octanol–water partition coefficient (Wildman–Crippen LogP) is 2.39. The summed E-state index contributed by atoms with van der Waals surface area (Å²) in [5, 5.41) is 3.36. The lowest BCUT2D eigenvalue weighted by Crippen LogP contribution is -2.30. The highest BCUT2D eigenvalue weighted by Gasteiger charge is 2.14. The highest BCUT2D eigenvalue weighted by atomic mass is 15.1. The lowest BCUT2D eigenvalue weighted by molar-refractivity contribution is 0.544. The maximum absolute atomic E-state index is 4.28. The molecule has 72 valence electrons. The van der Waals surface area contributed by atoms with E-state index in [9.17, 15) is 0 Å². The second-order valence-corrected chi connectivity index (χ2v) is 3.85. The molecular formula is C10H17N3. The van der Waals surface area contributed by atoms with E-state index in [-0.39, 0.29) is 5.54 Å². The Hall–Kier alpha value is -1.12. The third kappa shape index (κ3) is 3.01. The van der Waals surface area contributed by atoms with Crippen molar-refractivity contribution in [3.8, 4) is 0 Å². The fourth-order valence-corrected chi connectivity index (χ4v) is 0.961. The Morgan fingerprint density at radius 3 is 2.69 bits per heavy atom. The Balaban J connectivity index is 2.74. The number of rotatable bonds is 3. The van der Waals surface area contributed by atoms with Crippen LogP contribution in [0, 0.1) is 6.92 Å². The van der Waals surface area contributed by atoms with Crippen LogP contribution in [0.4, 0.5) is 5.82 Å². The van der Waals surface area contributed by atoms with Crippen molar-refractivity contribution in [3.63, 3.8) is 0 Å². The summed E-state index contributed by atoms with van der Waals surface area (Å²) in [6, 6.07) is 1.89. The molecule has 1 rings (SSSR count). The van der Waals surface area contributed by atoms with E-state index in [1.165, 1.54) is 0 Å². The van der Waals surface area contributed by atoms with Crippen LogP contribution in [0.2, 0.25) is 0 Å². The maximum Gasteiger partial charge on any atom is 0.130 e. The van der Waals surface area contributed by atoms with Crippen LogP contribution in [0.1, 0.15) is 33.0 Å². The topological polar surface area (TPSA) is 37.8 Å². The van der Waals surface area contributed by atoms with Gasteiger partial charge in [0.2, 0.25) is 0 Å². The zero-order valence-electron chi connectivity index (χ0n) is 8.76. The first-order valence-electron chi connectivity index (χ1n) is 4.61. The molecule has 0 fully saturated rings. The number of aromatic nitrogens is 2. The van der Waals surface area contributed by atoms with Crippen molar-refractivity contribution in [2.75, 3.05) is 5.32 Å². The van der Waals surface area contributed by atoms with Crippen LogP contribution in [0.25, 0.3) is 0 Å². The quantitative estimate of drug-likeness (QED) is 0.774. The number of nitrogens with zero attached hydrogens (tertiary/aromatic N) is 2. The average Bonchev–Trinajstić information content (AvgIpc) is 2.03. The fraction of sp³-hybridized carbons (Fsp3) is 0.600. The van der Waals surface area contributed by atoms with E-state index in [0.29, 0.717) is 0 Å². The largest absolute Gasteiger partial charge is 0.365 e. The van der Waals surface area contributed by atoms with Crippen molar-refractivity contribution in [2.45, 2.75) is 39.7 Å². The minimum absolute atomic E-state index is 0.0980. The highest BCUT2D eigenvalue weighted by molar-refractivity contribution is 5.35. The molecule has 0 aliphatic heterocycles. The minimum atomic E-state index is 0.0980. The van der Waals surface area contributed by atoms with E-state index in [1.807, 2.05) is 13.0 Å². The van der Waals surface area contributed by atoms with Crippen LogP contribution in [0.15, 0.2) is 12.3 Å². The molecule has 0 bridgehead atoms. The third-order valence-electron chi connectivity index (χ3n) is 2.13. The summed E-state index contributed by atoms with van der Waals surface area (Å²) in [5.74, 6) is 1.70. The van der Waals surface area contributed by atoms with Gasteiger partial charge < -0.3 is 5.32 Å². The lowest BCUT2D eigenvalue weighted by Gasteiger charge is -2.25. The lowest BCUT2D eigenvalue weighted by atomic mass is 10.0. The SMILES string of the molecule is CCC(C)(C)Nc1ccnc(C)n1. The van der Waals surface area contributed by atoms with Crippen molar-refractivity contribution in [1.29, 1.82) is 0 Å². The molecule has 13 heavy (non-hydrogen) atoms. The van der Waals surface area contributed by atoms with Crippen LogP contribution in [-0.2, 0) is 0 Å². The van der Waals surface area contributed by atoms with Crippen molar-refractivity contribution < 1.29 is 0 Å².